The van der Waals surface area contributed by atoms with E-state index in [1.54, 1.807) is 30.0 Å². The molecule has 0 saturated heterocycles. The molecule has 140 valence electrons. The first-order valence-corrected chi connectivity index (χ1v) is 9.66. The Morgan fingerprint density at radius 1 is 1.26 bits per heavy atom. The number of amidine groups is 1. The number of phenolic OH excluding ortho intramolecular Hbond substituents is 1. The molecular weight excluding hydrogens is 360 g/mol. The highest BCUT2D eigenvalue weighted by molar-refractivity contribution is 8.15. The van der Waals surface area contributed by atoms with Gasteiger partial charge in [0.25, 0.3) is 5.91 Å². The van der Waals surface area contributed by atoms with E-state index in [0.29, 0.717) is 11.0 Å². The van der Waals surface area contributed by atoms with E-state index < -0.39 is 5.91 Å². The molecule has 0 fully saturated rings. The van der Waals surface area contributed by atoms with Gasteiger partial charge in [0.15, 0.2) is 5.17 Å². The zero-order chi connectivity index (χ0) is 19.2. The molecule has 0 saturated carbocycles. The van der Waals surface area contributed by atoms with E-state index in [0.717, 1.165) is 29.4 Å². The summed E-state index contributed by atoms with van der Waals surface area (Å²) in [5.41, 5.74) is 5.19. The van der Waals surface area contributed by atoms with Crippen LogP contribution in [0.15, 0.2) is 58.6 Å². The number of para-hydroxylation sites is 1. The smallest absolute Gasteiger partial charge is 0.275 e. The van der Waals surface area contributed by atoms with Crippen molar-refractivity contribution in [2.75, 3.05) is 11.9 Å². The quantitative estimate of drug-likeness (QED) is 0.542. The van der Waals surface area contributed by atoms with Crippen LogP contribution in [-0.2, 0) is 0 Å². The van der Waals surface area contributed by atoms with Crippen LogP contribution < -0.4 is 10.7 Å². The highest BCUT2D eigenvalue weighted by atomic mass is 32.2. The van der Waals surface area contributed by atoms with Crippen LogP contribution in [0.4, 0.5) is 5.69 Å². The normalized spacial score (nSPS) is 16.7. The molecule has 0 bridgehead atoms. The van der Waals surface area contributed by atoms with Crippen molar-refractivity contribution in [3.63, 3.8) is 0 Å². The number of hydrogen-bond donors (Lipinski definition) is 3. The number of carbonyl (C=O) groups is 1. The third-order valence-electron chi connectivity index (χ3n) is 4.20. The predicted molar refractivity (Wildman–Crippen MR) is 112 cm³/mol. The van der Waals surface area contributed by atoms with Crippen molar-refractivity contribution >= 4 is 34.2 Å². The summed E-state index contributed by atoms with van der Waals surface area (Å²) in [6.45, 7) is 4.85. The SMILES string of the molecule is CC[C@@H]1CN=C(Nc2ccc(/C(C)=N\NC(=O)c3ccccc3O)cc2)S1. The maximum atomic E-state index is 12.1. The first-order valence-electron chi connectivity index (χ1n) is 8.78. The van der Waals surface area contributed by atoms with Crippen LogP contribution in [-0.4, -0.2) is 33.7 Å². The lowest BCUT2D eigenvalue weighted by atomic mass is 10.1. The van der Waals surface area contributed by atoms with Gasteiger partial charge >= 0.3 is 0 Å². The second kappa shape index (κ2) is 8.73. The van der Waals surface area contributed by atoms with Crippen LogP contribution in [0.3, 0.4) is 0 Å². The fourth-order valence-electron chi connectivity index (χ4n) is 2.54. The minimum atomic E-state index is -0.451. The number of nitrogens with zero attached hydrogens (tertiary/aromatic N) is 2. The summed E-state index contributed by atoms with van der Waals surface area (Å²) in [6.07, 6.45) is 1.11. The summed E-state index contributed by atoms with van der Waals surface area (Å²) >= 11 is 1.77. The molecule has 0 aromatic heterocycles. The number of hydrogen-bond acceptors (Lipinski definition) is 6. The Kier molecular flexibility index (Phi) is 6.13. The number of aliphatic imine (C=N–C) groups is 1. The van der Waals surface area contributed by atoms with Crippen molar-refractivity contribution in [3.05, 3.63) is 59.7 Å². The highest BCUT2D eigenvalue weighted by Crippen LogP contribution is 2.24. The van der Waals surface area contributed by atoms with Gasteiger partial charge < -0.3 is 10.4 Å². The van der Waals surface area contributed by atoms with Gasteiger partial charge in [-0.1, -0.05) is 43.0 Å². The van der Waals surface area contributed by atoms with Gasteiger partial charge in [-0.2, -0.15) is 5.10 Å². The van der Waals surface area contributed by atoms with Crippen molar-refractivity contribution < 1.29 is 9.90 Å². The number of aromatic hydroxyl groups is 1. The third-order valence-corrected chi connectivity index (χ3v) is 5.47. The zero-order valence-electron chi connectivity index (χ0n) is 15.3. The minimum absolute atomic E-state index is 0.0729. The summed E-state index contributed by atoms with van der Waals surface area (Å²) < 4.78 is 0. The second-order valence-corrected chi connectivity index (χ2v) is 7.44. The number of hydrazone groups is 1. The molecule has 27 heavy (non-hydrogen) atoms. The lowest BCUT2D eigenvalue weighted by Gasteiger charge is -2.08. The number of anilines is 1. The van der Waals surface area contributed by atoms with Gasteiger partial charge in [0.05, 0.1) is 17.8 Å². The number of benzene rings is 2. The van der Waals surface area contributed by atoms with Gasteiger partial charge in [-0.3, -0.25) is 9.79 Å². The van der Waals surface area contributed by atoms with Crippen LogP contribution in [0.1, 0.15) is 36.2 Å². The molecule has 3 rings (SSSR count). The van der Waals surface area contributed by atoms with Crippen molar-refractivity contribution in [1.82, 2.24) is 5.43 Å². The molecule has 1 heterocycles. The monoisotopic (exact) mass is 382 g/mol. The van der Waals surface area contributed by atoms with Crippen molar-refractivity contribution in [2.45, 2.75) is 25.5 Å². The van der Waals surface area contributed by atoms with Crippen LogP contribution in [0.25, 0.3) is 0 Å². The van der Waals surface area contributed by atoms with Crippen LogP contribution in [0, 0.1) is 0 Å². The van der Waals surface area contributed by atoms with E-state index in [4.69, 9.17) is 0 Å². The minimum Gasteiger partial charge on any atom is -0.507 e. The summed E-state index contributed by atoms with van der Waals surface area (Å²) in [7, 11) is 0. The molecular formula is C20H22N4O2S. The Labute approximate surface area is 162 Å². The lowest BCUT2D eigenvalue weighted by Crippen LogP contribution is -2.19. The summed E-state index contributed by atoms with van der Waals surface area (Å²) in [5, 5.41) is 18.7. The van der Waals surface area contributed by atoms with Crippen LogP contribution >= 0.6 is 11.8 Å². The number of carbonyl (C=O) groups excluding carboxylic acids is 1. The molecule has 1 aliphatic rings. The molecule has 2 aromatic carbocycles. The Hall–Kier alpha value is -2.80. The van der Waals surface area contributed by atoms with E-state index in [-0.39, 0.29) is 11.3 Å². The molecule has 0 unspecified atom stereocenters. The third kappa shape index (κ3) is 4.89. The fraction of sp³-hybridized carbons (Fsp3) is 0.250. The van der Waals surface area contributed by atoms with E-state index in [2.05, 4.69) is 27.8 Å². The standard InChI is InChI=1S/C20H22N4O2S/c1-3-16-12-21-20(27-16)22-15-10-8-14(9-11-15)13(2)23-24-19(26)17-6-4-5-7-18(17)25/h4-11,16,25H,3,12H2,1-2H3,(H,21,22)(H,24,26)/b23-13-/t16-/m1/s1. The molecule has 6 nitrogen and oxygen atoms in total. The van der Waals surface area contributed by atoms with Crippen LogP contribution in [0.5, 0.6) is 5.75 Å². The van der Waals surface area contributed by atoms with Crippen molar-refractivity contribution in [1.29, 1.82) is 0 Å². The lowest BCUT2D eigenvalue weighted by molar-refractivity contribution is 0.0952. The number of rotatable bonds is 5. The number of phenols is 1. The van der Waals surface area contributed by atoms with Gasteiger partial charge in [-0.15, -0.1) is 0 Å². The maximum absolute atomic E-state index is 12.1. The first-order chi connectivity index (χ1) is 13.1. The average molecular weight is 382 g/mol. The summed E-state index contributed by atoms with van der Waals surface area (Å²) in [6, 6.07) is 14.1. The molecule has 3 N–H and O–H groups in total. The maximum Gasteiger partial charge on any atom is 0.275 e. The molecule has 0 spiro atoms. The summed E-state index contributed by atoms with van der Waals surface area (Å²) in [4.78, 5) is 16.6. The topological polar surface area (TPSA) is 86.1 Å². The van der Waals surface area contributed by atoms with Crippen LogP contribution in [0.2, 0.25) is 0 Å². The first kappa shape index (κ1) is 19.0. The van der Waals surface area contributed by atoms with Gasteiger partial charge in [0.1, 0.15) is 5.75 Å². The Bertz CT molecular complexity index is 878. The van der Waals surface area contributed by atoms with E-state index in [1.807, 2.05) is 31.2 Å². The number of nitrogens with one attached hydrogen (secondary N) is 2. The van der Waals surface area contributed by atoms with Gasteiger partial charge in [-0.25, -0.2) is 5.43 Å². The molecule has 0 radical (unpaired) electrons. The largest absolute Gasteiger partial charge is 0.507 e. The van der Waals surface area contributed by atoms with Crippen molar-refractivity contribution in [3.8, 4) is 5.75 Å². The van der Waals surface area contributed by atoms with Gasteiger partial charge in [0.2, 0.25) is 0 Å². The molecule has 1 atom stereocenters. The van der Waals surface area contributed by atoms with Crippen molar-refractivity contribution in [2.24, 2.45) is 10.1 Å². The van der Waals surface area contributed by atoms with E-state index in [1.165, 1.54) is 6.07 Å². The fourth-order valence-corrected chi connectivity index (χ4v) is 3.50. The zero-order valence-corrected chi connectivity index (χ0v) is 16.1. The van der Waals surface area contributed by atoms with Gasteiger partial charge in [-0.05, 0) is 43.2 Å². The van der Waals surface area contributed by atoms with E-state index in [9.17, 15) is 9.90 Å². The second-order valence-electron chi connectivity index (χ2n) is 6.15. The molecule has 2 aromatic rings. The average Bonchev–Trinajstić information content (AvgIpc) is 3.14. The highest BCUT2D eigenvalue weighted by Gasteiger charge is 2.17. The number of amides is 1. The Morgan fingerprint density at radius 3 is 2.67 bits per heavy atom. The molecule has 7 heteroatoms. The molecule has 1 aliphatic heterocycles. The Morgan fingerprint density at radius 2 is 2.00 bits per heavy atom. The molecule has 1 amide bonds. The summed E-state index contributed by atoms with van der Waals surface area (Å²) in [5.74, 6) is -0.524. The predicted octanol–water partition coefficient (Wildman–Crippen LogP) is 3.84. The van der Waals surface area contributed by atoms with Gasteiger partial charge in [0, 0.05) is 10.9 Å². The van der Waals surface area contributed by atoms with E-state index >= 15 is 0 Å². The molecule has 0 aliphatic carbocycles. The Balaban J connectivity index is 1.60. The number of thioether (sulfide) groups is 1.